The minimum Gasteiger partial charge on any atom is -0.444 e. The minimum atomic E-state index is -0.885. The Morgan fingerprint density at radius 3 is 2.62 bits per heavy atom. The van der Waals surface area contributed by atoms with E-state index >= 15 is 0 Å². The van der Waals surface area contributed by atoms with Gasteiger partial charge in [0.2, 0.25) is 0 Å². The SMILES string of the molecule is CN[C@H]1CN(C(=O)OC(C)(C)C)CC[C@@H]1F. The molecule has 0 unspecified atom stereocenters. The van der Waals surface area contributed by atoms with Crippen LogP contribution in [0.4, 0.5) is 9.18 Å². The summed E-state index contributed by atoms with van der Waals surface area (Å²) in [6.45, 7) is 6.26. The molecule has 0 spiro atoms. The van der Waals surface area contributed by atoms with Gasteiger partial charge in [-0.1, -0.05) is 0 Å². The summed E-state index contributed by atoms with van der Waals surface area (Å²) in [7, 11) is 1.70. The van der Waals surface area contributed by atoms with E-state index in [1.54, 1.807) is 11.9 Å². The van der Waals surface area contributed by atoms with Gasteiger partial charge in [0, 0.05) is 13.1 Å². The predicted molar refractivity (Wildman–Crippen MR) is 60.2 cm³/mol. The number of hydrogen-bond acceptors (Lipinski definition) is 3. The van der Waals surface area contributed by atoms with E-state index in [4.69, 9.17) is 4.74 Å². The van der Waals surface area contributed by atoms with Crippen molar-refractivity contribution in [1.29, 1.82) is 0 Å². The molecule has 1 heterocycles. The molecule has 1 fully saturated rings. The highest BCUT2D eigenvalue weighted by Crippen LogP contribution is 2.17. The summed E-state index contributed by atoms with van der Waals surface area (Å²) in [5, 5.41) is 2.88. The smallest absolute Gasteiger partial charge is 0.410 e. The molecule has 16 heavy (non-hydrogen) atoms. The number of likely N-dealkylation sites (N-methyl/N-ethyl adjacent to an activating group) is 1. The van der Waals surface area contributed by atoms with E-state index in [9.17, 15) is 9.18 Å². The second-order valence-electron chi connectivity index (χ2n) is 5.13. The molecule has 94 valence electrons. The number of rotatable bonds is 1. The van der Waals surface area contributed by atoms with Gasteiger partial charge >= 0.3 is 6.09 Å². The van der Waals surface area contributed by atoms with Gasteiger partial charge in [-0.2, -0.15) is 0 Å². The number of likely N-dealkylation sites (tertiary alicyclic amines) is 1. The first kappa shape index (κ1) is 13.2. The van der Waals surface area contributed by atoms with E-state index in [0.29, 0.717) is 19.5 Å². The summed E-state index contributed by atoms with van der Waals surface area (Å²) in [5.74, 6) is 0. The van der Waals surface area contributed by atoms with Gasteiger partial charge in [0.1, 0.15) is 11.8 Å². The summed E-state index contributed by atoms with van der Waals surface area (Å²) < 4.78 is 18.6. The zero-order valence-corrected chi connectivity index (χ0v) is 10.4. The van der Waals surface area contributed by atoms with Crippen LogP contribution in [0.2, 0.25) is 0 Å². The van der Waals surface area contributed by atoms with Crippen LogP contribution in [0.25, 0.3) is 0 Å². The van der Waals surface area contributed by atoms with Crippen LogP contribution < -0.4 is 5.32 Å². The first-order chi connectivity index (χ1) is 7.33. The van der Waals surface area contributed by atoms with Gasteiger partial charge in [0.05, 0.1) is 6.04 Å². The van der Waals surface area contributed by atoms with Crippen molar-refractivity contribution >= 4 is 6.09 Å². The number of carbonyl (C=O) groups is 1. The Kier molecular flexibility index (Phi) is 4.13. The predicted octanol–water partition coefficient (Wildman–Crippen LogP) is 1.55. The summed E-state index contributed by atoms with van der Waals surface area (Å²) in [6.07, 6.45) is -0.881. The average Bonchev–Trinajstić information content (AvgIpc) is 2.15. The zero-order chi connectivity index (χ0) is 12.3. The molecule has 1 N–H and O–H groups in total. The fraction of sp³-hybridized carbons (Fsp3) is 0.909. The van der Waals surface area contributed by atoms with Gasteiger partial charge in [-0.25, -0.2) is 9.18 Å². The number of nitrogens with zero attached hydrogens (tertiary/aromatic N) is 1. The number of ether oxygens (including phenoxy) is 1. The maximum absolute atomic E-state index is 13.4. The third-order valence-corrected chi connectivity index (χ3v) is 2.55. The Morgan fingerprint density at radius 2 is 2.12 bits per heavy atom. The maximum Gasteiger partial charge on any atom is 0.410 e. The van der Waals surface area contributed by atoms with Crippen LogP contribution in [0.3, 0.4) is 0 Å². The van der Waals surface area contributed by atoms with E-state index in [2.05, 4.69) is 5.32 Å². The molecule has 0 aromatic heterocycles. The molecule has 0 aliphatic carbocycles. The van der Waals surface area contributed by atoms with Crippen LogP contribution in [0.5, 0.6) is 0 Å². The van der Waals surface area contributed by atoms with Gasteiger partial charge in [0.25, 0.3) is 0 Å². The van der Waals surface area contributed by atoms with E-state index in [0.717, 1.165) is 0 Å². The van der Waals surface area contributed by atoms with Crippen LogP contribution in [-0.2, 0) is 4.74 Å². The minimum absolute atomic E-state index is 0.290. The summed E-state index contributed by atoms with van der Waals surface area (Å²) in [5.41, 5.74) is -0.501. The summed E-state index contributed by atoms with van der Waals surface area (Å²) in [4.78, 5) is 13.3. The first-order valence-corrected chi connectivity index (χ1v) is 5.63. The van der Waals surface area contributed by atoms with Crippen molar-refractivity contribution < 1.29 is 13.9 Å². The maximum atomic E-state index is 13.4. The van der Waals surface area contributed by atoms with Crippen LogP contribution in [-0.4, -0.2) is 48.9 Å². The number of nitrogens with one attached hydrogen (secondary N) is 1. The van der Waals surface area contributed by atoms with Crippen LogP contribution >= 0.6 is 0 Å². The fourth-order valence-corrected chi connectivity index (χ4v) is 1.69. The quantitative estimate of drug-likeness (QED) is 0.746. The first-order valence-electron chi connectivity index (χ1n) is 5.63. The third-order valence-electron chi connectivity index (χ3n) is 2.55. The molecule has 1 saturated heterocycles. The molecule has 0 aromatic rings. The number of amides is 1. The van der Waals surface area contributed by atoms with Gasteiger partial charge < -0.3 is 15.0 Å². The highest BCUT2D eigenvalue weighted by atomic mass is 19.1. The molecule has 2 atom stereocenters. The van der Waals surface area contributed by atoms with Gasteiger partial charge in [-0.05, 0) is 34.2 Å². The number of halogens is 1. The average molecular weight is 232 g/mol. The van der Waals surface area contributed by atoms with Crippen molar-refractivity contribution in [3.8, 4) is 0 Å². The molecule has 1 aliphatic heterocycles. The molecule has 0 bridgehead atoms. The lowest BCUT2D eigenvalue weighted by Crippen LogP contribution is -2.53. The van der Waals surface area contributed by atoms with Crippen molar-refractivity contribution in [3.63, 3.8) is 0 Å². The van der Waals surface area contributed by atoms with Crippen molar-refractivity contribution in [2.75, 3.05) is 20.1 Å². The molecule has 1 rings (SSSR count). The fourth-order valence-electron chi connectivity index (χ4n) is 1.69. The number of hydrogen-bond donors (Lipinski definition) is 1. The Hall–Kier alpha value is -0.840. The lowest BCUT2D eigenvalue weighted by molar-refractivity contribution is 0.0119. The van der Waals surface area contributed by atoms with Crippen LogP contribution in [0, 0.1) is 0 Å². The van der Waals surface area contributed by atoms with Gasteiger partial charge in [-0.3, -0.25) is 0 Å². The van der Waals surface area contributed by atoms with E-state index in [1.165, 1.54) is 0 Å². The lowest BCUT2D eigenvalue weighted by atomic mass is 10.0. The van der Waals surface area contributed by atoms with Crippen molar-refractivity contribution in [2.45, 2.75) is 45.0 Å². The Bertz CT molecular complexity index is 253. The standard InChI is InChI=1S/C11H21FN2O2/c1-11(2,3)16-10(15)14-6-5-8(12)9(7-14)13-4/h8-9,13H,5-7H2,1-4H3/t8-,9-/m0/s1. The molecule has 1 amide bonds. The highest BCUT2D eigenvalue weighted by Gasteiger charge is 2.32. The molecule has 4 nitrogen and oxygen atoms in total. The number of piperidine rings is 1. The van der Waals surface area contributed by atoms with Gasteiger partial charge in [-0.15, -0.1) is 0 Å². The molecule has 1 aliphatic rings. The summed E-state index contributed by atoms with van der Waals surface area (Å²) >= 11 is 0. The molecule has 0 radical (unpaired) electrons. The topological polar surface area (TPSA) is 41.6 Å². The Balaban J connectivity index is 2.52. The van der Waals surface area contributed by atoms with E-state index in [1.807, 2.05) is 20.8 Å². The molecule has 5 heteroatoms. The normalized spacial score (nSPS) is 26.7. The molecule has 0 aromatic carbocycles. The lowest BCUT2D eigenvalue weighted by Gasteiger charge is -2.35. The Labute approximate surface area is 96.1 Å². The highest BCUT2D eigenvalue weighted by molar-refractivity contribution is 5.68. The summed E-state index contributed by atoms with van der Waals surface area (Å²) in [6, 6.07) is -0.290. The van der Waals surface area contributed by atoms with Crippen molar-refractivity contribution in [2.24, 2.45) is 0 Å². The number of alkyl halides is 1. The third kappa shape index (κ3) is 3.63. The molecule has 0 saturated carbocycles. The second kappa shape index (κ2) is 4.99. The Morgan fingerprint density at radius 1 is 1.50 bits per heavy atom. The van der Waals surface area contributed by atoms with E-state index < -0.39 is 11.8 Å². The van der Waals surface area contributed by atoms with Crippen LogP contribution in [0.1, 0.15) is 27.2 Å². The second-order valence-corrected chi connectivity index (χ2v) is 5.13. The molecular formula is C11H21FN2O2. The largest absolute Gasteiger partial charge is 0.444 e. The monoisotopic (exact) mass is 232 g/mol. The number of carbonyl (C=O) groups excluding carboxylic acids is 1. The van der Waals surface area contributed by atoms with Crippen LogP contribution in [0.15, 0.2) is 0 Å². The van der Waals surface area contributed by atoms with E-state index in [-0.39, 0.29) is 12.1 Å². The van der Waals surface area contributed by atoms with Crippen molar-refractivity contribution in [3.05, 3.63) is 0 Å². The van der Waals surface area contributed by atoms with Gasteiger partial charge in [0.15, 0.2) is 0 Å². The zero-order valence-electron chi connectivity index (χ0n) is 10.4. The van der Waals surface area contributed by atoms with Crippen molar-refractivity contribution in [1.82, 2.24) is 10.2 Å². The molecular weight excluding hydrogens is 211 g/mol.